The lowest BCUT2D eigenvalue weighted by molar-refractivity contribution is 0.285. The molecule has 1 aromatic heterocycles. The number of nitrogens with two attached hydrogens (primary N) is 1. The van der Waals surface area contributed by atoms with E-state index in [-0.39, 0.29) is 27.9 Å². The van der Waals surface area contributed by atoms with Crippen LogP contribution in [-0.4, -0.2) is 53.4 Å². The average Bonchev–Trinajstić information content (AvgIpc) is 3.23. The fourth-order valence-corrected chi connectivity index (χ4v) is 5.89. The lowest BCUT2D eigenvalue weighted by Crippen LogP contribution is -2.51. The van der Waals surface area contributed by atoms with Gasteiger partial charge in [-0.3, -0.25) is 0 Å². The standard InChI is InChI=1S/C28H29ClFN5O2/c29-23-13-22-26(25(30)24(23)21-12-19(36)11-16-5-1-2-6-20(16)21)33-28(37-10-4-3-9-31)34-27(22)35-14-17-7-8-18(15-35)32-17/h1-2,5-6,11-13,17-18,32,36H,3-4,7-10,14-15,31H2. The third kappa shape index (κ3) is 4.54. The number of phenolic OH excluding ortho intramolecular Hbond substituents is 1. The van der Waals surface area contributed by atoms with Crippen molar-refractivity contribution in [2.45, 2.75) is 37.8 Å². The Kier molecular flexibility index (Phi) is 6.48. The predicted molar refractivity (Wildman–Crippen MR) is 145 cm³/mol. The van der Waals surface area contributed by atoms with Gasteiger partial charge in [-0.2, -0.15) is 9.97 Å². The van der Waals surface area contributed by atoms with Crippen LogP contribution in [0.25, 0.3) is 32.8 Å². The number of fused-ring (bicyclic) bond motifs is 4. The highest BCUT2D eigenvalue weighted by molar-refractivity contribution is 6.35. The van der Waals surface area contributed by atoms with Gasteiger partial charge in [0.05, 0.1) is 11.6 Å². The van der Waals surface area contributed by atoms with Crippen LogP contribution in [0, 0.1) is 5.82 Å². The Morgan fingerprint density at radius 2 is 1.86 bits per heavy atom. The van der Waals surface area contributed by atoms with Gasteiger partial charge in [-0.1, -0.05) is 35.9 Å². The summed E-state index contributed by atoms with van der Waals surface area (Å²) >= 11 is 6.78. The van der Waals surface area contributed by atoms with Crippen LogP contribution in [0.4, 0.5) is 10.2 Å². The van der Waals surface area contributed by atoms with Gasteiger partial charge in [-0.05, 0) is 66.8 Å². The molecule has 4 N–H and O–H groups in total. The van der Waals surface area contributed by atoms with Gasteiger partial charge >= 0.3 is 6.01 Å². The normalized spacial score (nSPS) is 19.2. The van der Waals surface area contributed by atoms with Gasteiger partial charge in [0.1, 0.15) is 17.1 Å². The summed E-state index contributed by atoms with van der Waals surface area (Å²) in [6.45, 7) is 2.51. The first-order valence-corrected chi connectivity index (χ1v) is 13.2. The van der Waals surface area contributed by atoms with E-state index < -0.39 is 5.82 Å². The number of benzene rings is 3. The van der Waals surface area contributed by atoms with E-state index in [1.165, 1.54) is 0 Å². The second-order valence-corrected chi connectivity index (χ2v) is 10.3. The van der Waals surface area contributed by atoms with Gasteiger partial charge < -0.3 is 25.8 Å². The molecule has 2 aliphatic heterocycles. The number of phenols is 1. The molecule has 2 fully saturated rings. The molecule has 2 bridgehead atoms. The van der Waals surface area contributed by atoms with E-state index in [2.05, 4.69) is 15.2 Å². The van der Waals surface area contributed by atoms with Gasteiger partial charge in [0, 0.05) is 36.1 Å². The highest BCUT2D eigenvalue weighted by Gasteiger charge is 2.34. The number of unbranched alkanes of at least 4 members (excludes halogenated alkanes) is 1. The molecule has 9 heteroatoms. The molecule has 0 spiro atoms. The molecule has 2 aliphatic rings. The number of ether oxygens (including phenoxy) is 1. The number of hydrogen-bond acceptors (Lipinski definition) is 7. The Morgan fingerprint density at radius 1 is 1.08 bits per heavy atom. The lowest BCUT2D eigenvalue weighted by atomic mass is 9.96. The van der Waals surface area contributed by atoms with E-state index in [9.17, 15) is 5.11 Å². The molecule has 3 heterocycles. The van der Waals surface area contributed by atoms with Crippen LogP contribution in [0.15, 0.2) is 42.5 Å². The SMILES string of the molecule is NCCCCOc1nc(N2CC3CCC(C2)N3)c2cc(Cl)c(-c3cc(O)cc4ccccc34)c(F)c2n1. The molecular weight excluding hydrogens is 493 g/mol. The van der Waals surface area contributed by atoms with Crippen LogP contribution >= 0.6 is 11.6 Å². The minimum absolute atomic E-state index is 0.0351. The van der Waals surface area contributed by atoms with Crippen molar-refractivity contribution in [1.29, 1.82) is 0 Å². The first-order chi connectivity index (χ1) is 18.0. The van der Waals surface area contributed by atoms with Crippen molar-refractivity contribution in [3.8, 4) is 22.9 Å². The summed E-state index contributed by atoms with van der Waals surface area (Å²) in [7, 11) is 0. The number of aromatic nitrogens is 2. The fraction of sp³-hybridized carbons (Fsp3) is 0.357. The maximum absolute atomic E-state index is 16.5. The molecule has 192 valence electrons. The number of piperazine rings is 1. The van der Waals surface area contributed by atoms with E-state index in [1.807, 2.05) is 24.3 Å². The van der Waals surface area contributed by atoms with Crippen molar-refractivity contribution < 1.29 is 14.2 Å². The van der Waals surface area contributed by atoms with Gasteiger partial charge in [0.25, 0.3) is 0 Å². The highest BCUT2D eigenvalue weighted by Crippen LogP contribution is 2.42. The molecule has 7 nitrogen and oxygen atoms in total. The summed E-state index contributed by atoms with van der Waals surface area (Å²) in [6.07, 6.45) is 3.79. The molecule has 0 radical (unpaired) electrons. The van der Waals surface area contributed by atoms with Crippen molar-refractivity contribution in [2.75, 3.05) is 31.1 Å². The zero-order valence-electron chi connectivity index (χ0n) is 20.4. The largest absolute Gasteiger partial charge is 0.508 e. The summed E-state index contributed by atoms with van der Waals surface area (Å²) in [4.78, 5) is 11.4. The second-order valence-electron chi connectivity index (χ2n) is 9.87. The molecule has 2 saturated heterocycles. The first-order valence-electron chi connectivity index (χ1n) is 12.8. The monoisotopic (exact) mass is 521 g/mol. The average molecular weight is 522 g/mol. The highest BCUT2D eigenvalue weighted by atomic mass is 35.5. The molecule has 2 unspecified atom stereocenters. The smallest absolute Gasteiger partial charge is 0.319 e. The summed E-state index contributed by atoms with van der Waals surface area (Å²) < 4.78 is 22.3. The lowest BCUT2D eigenvalue weighted by Gasteiger charge is -2.34. The van der Waals surface area contributed by atoms with E-state index in [4.69, 9.17) is 27.1 Å². The maximum atomic E-state index is 16.5. The van der Waals surface area contributed by atoms with Gasteiger partial charge in [0.2, 0.25) is 0 Å². The molecule has 4 aromatic rings. The van der Waals surface area contributed by atoms with Crippen molar-refractivity contribution in [3.05, 3.63) is 53.3 Å². The number of anilines is 1. The first kappa shape index (κ1) is 24.2. The Hall–Kier alpha value is -3.20. The quantitative estimate of drug-likeness (QED) is 0.294. The Morgan fingerprint density at radius 3 is 2.65 bits per heavy atom. The van der Waals surface area contributed by atoms with Crippen LogP contribution in [-0.2, 0) is 0 Å². The maximum Gasteiger partial charge on any atom is 0.319 e. The minimum atomic E-state index is -0.563. The van der Waals surface area contributed by atoms with E-state index in [0.29, 0.717) is 42.0 Å². The summed E-state index contributed by atoms with van der Waals surface area (Å²) in [5.74, 6) is 0.102. The summed E-state index contributed by atoms with van der Waals surface area (Å²) in [6, 6.07) is 13.3. The third-order valence-electron chi connectivity index (χ3n) is 7.30. The fourth-order valence-electron chi connectivity index (χ4n) is 5.59. The Balaban J connectivity index is 1.53. The number of aromatic hydroxyl groups is 1. The number of rotatable bonds is 7. The Bertz CT molecular complexity index is 1470. The van der Waals surface area contributed by atoms with Crippen molar-refractivity contribution in [2.24, 2.45) is 5.73 Å². The minimum Gasteiger partial charge on any atom is -0.508 e. The molecular formula is C28H29ClFN5O2. The molecule has 3 aromatic carbocycles. The molecule has 37 heavy (non-hydrogen) atoms. The Labute approximate surface area is 219 Å². The van der Waals surface area contributed by atoms with E-state index in [0.717, 1.165) is 49.5 Å². The predicted octanol–water partition coefficient (Wildman–Crippen LogP) is 5.01. The summed E-state index contributed by atoms with van der Waals surface area (Å²) in [5, 5.41) is 16.4. The zero-order chi connectivity index (χ0) is 25.5. The number of hydrogen-bond donors (Lipinski definition) is 3. The number of halogens is 2. The molecule has 0 aliphatic carbocycles. The van der Waals surface area contributed by atoms with Crippen LogP contribution in [0.3, 0.4) is 0 Å². The molecule has 0 saturated carbocycles. The van der Waals surface area contributed by atoms with Gasteiger partial charge in [-0.15, -0.1) is 0 Å². The van der Waals surface area contributed by atoms with Crippen molar-refractivity contribution >= 4 is 39.1 Å². The van der Waals surface area contributed by atoms with Gasteiger partial charge in [-0.25, -0.2) is 4.39 Å². The summed E-state index contributed by atoms with van der Waals surface area (Å²) in [5.41, 5.74) is 6.46. The number of nitrogens with one attached hydrogen (secondary N) is 1. The third-order valence-corrected chi connectivity index (χ3v) is 7.60. The zero-order valence-corrected chi connectivity index (χ0v) is 21.1. The van der Waals surface area contributed by atoms with Crippen LogP contribution < -0.4 is 20.7 Å². The molecule has 0 amide bonds. The van der Waals surface area contributed by atoms with Crippen molar-refractivity contribution in [3.63, 3.8) is 0 Å². The second kappa shape index (κ2) is 9.93. The van der Waals surface area contributed by atoms with E-state index in [1.54, 1.807) is 18.2 Å². The topological polar surface area (TPSA) is 96.5 Å². The van der Waals surface area contributed by atoms with Crippen LogP contribution in [0.2, 0.25) is 5.02 Å². The van der Waals surface area contributed by atoms with Crippen molar-refractivity contribution in [1.82, 2.24) is 15.3 Å². The van der Waals surface area contributed by atoms with E-state index >= 15 is 4.39 Å². The number of nitrogens with zero attached hydrogens (tertiary/aromatic N) is 3. The van der Waals surface area contributed by atoms with Crippen LogP contribution in [0.1, 0.15) is 25.7 Å². The molecule has 6 rings (SSSR count). The van der Waals surface area contributed by atoms with Gasteiger partial charge in [0.15, 0.2) is 5.82 Å². The molecule has 2 atom stereocenters. The van der Waals surface area contributed by atoms with Crippen LogP contribution in [0.5, 0.6) is 11.8 Å².